The molecule has 0 aliphatic carbocycles. The van der Waals surface area contributed by atoms with Gasteiger partial charge in [-0.15, -0.1) is 10.2 Å². The van der Waals surface area contributed by atoms with Crippen LogP contribution in [0.1, 0.15) is 6.92 Å². The molecule has 7 heteroatoms. The number of rotatable bonds is 6. The highest BCUT2D eigenvalue weighted by molar-refractivity contribution is 7.18. The molecule has 0 N–H and O–H groups in total. The van der Waals surface area contributed by atoms with Gasteiger partial charge in [0.1, 0.15) is 10.0 Å². The molecule has 0 saturated heterocycles. The summed E-state index contributed by atoms with van der Waals surface area (Å²) in [6.45, 7) is 5.67. The van der Waals surface area contributed by atoms with Gasteiger partial charge in [0.05, 0.1) is 34.0 Å². The number of allylic oxidation sites excluding steroid dienone is 3. The van der Waals surface area contributed by atoms with E-state index in [2.05, 4.69) is 130 Å². The quantitative estimate of drug-likeness (QED) is 0.144. The predicted molar refractivity (Wildman–Crippen MR) is 185 cm³/mol. The average molecular weight is 587 g/mol. The molecule has 0 saturated carbocycles. The van der Waals surface area contributed by atoms with Crippen LogP contribution in [-0.2, 0) is 0 Å². The molecule has 8 aromatic rings. The molecule has 4 heterocycles. The number of aliphatic imine (C=N–C) groups is 1. The Morgan fingerprint density at radius 2 is 1.52 bits per heavy atom. The van der Waals surface area contributed by atoms with Crippen LogP contribution in [0.5, 0.6) is 0 Å². The van der Waals surface area contributed by atoms with Gasteiger partial charge in [0.15, 0.2) is 0 Å². The maximum atomic E-state index is 4.74. The number of fused-ring (bicyclic) bond motifs is 6. The van der Waals surface area contributed by atoms with Crippen LogP contribution in [0.3, 0.4) is 0 Å². The second-order valence-electron chi connectivity index (χ2n) is 10.6. The van der Waals surface area contributed by atoms with Gasteiger partial charge in [0.25, 0.3) is 0 Å². The van der Waals surface area contributed by atoms with E-state index in [1.165, 1.54) is 21.5 Å². The summed E-state index contributed by atoms with van der Waals surface area (Å²) < 4.78 is 4.57. The zero-order valence-corrected chi connectivity index (χ0v) is 24.7. The number of benzene rings is 4. The minimum absolute atomic E-state index is 0.872. The Hall–Kier alpha value is -5.66. The van der Waals surface area contributed by atoms with E-state index in [-0.39, 0.29) is 0 Å². The van der Waals surface area contributed by atoms with Crippen LogP contribution in [0.4, 0.5) is 0 Å². The van der Waals surface area contributed by atoms with Gasteiger partial charge in [-0.3, -0.25) is 9.98 Å². The monoisotopic (exact) mass is 586 g/mol. The number of para-hydroxylation sites is 3. The number of pyridine rings is 1. The maximum Gasteiger partial charge on any atom is 0.150 e. The van der Waals surface area contributed by atoms with Gasteiger partial charge in [-0.1, -0.05) is 72.0 Å². The zero-order valence-electron chi connectivity index (χ0n) is 23.9. The van der Waals surface area contributed by atoms with Crippen molar-refractivity contribution in [3.8, 4) is 26.8 Å². The summed E-state index contributed by atoms with van der Waals surface area (Å²) in [6.07, 6.45) is 9.37. The molecule has 0 aliphatic heterocycles. The van der Waals surface area contributed by atoms with E-state index < -0.39 is 0 Å². The van der Waals surface area contributed by atoms with Crippen molar-refractivity contribution < 1.29 is 0 Å². The minimum Gasteiger partial charge on any atom is -0.313 e. The van der Waals surface area contributed by atoms with Crippen molar-refractivity contribution in [3.05, 3.63) is 128 Å². The Kier molecular flexibility index (Phi) is 6.24. The van der Waals surface area contributed by atoms with Crippen LogP contribution >= 0.6 is 11.3 Å². The van der Waals surface area contributed by atoms with Gasteiger partial charge in [0.2, 0.25) is 0 Å². The van der Waals surface area contributed by atoms with Crippen molar-refractivity contribution in [1.29, 1.82) is 0 Å². The van der Waals surface area contributed by atoms with Crippen LogP contribution in [-0.4, -0.2) is 31.0 Å². The Bertz CT molecular complexity index is 2420. The molecular formula is C37H26N6S. The van der Waals surface area contributed by atoms with Crippen molar-refractivity contribution in [2.24, 2.45) is 4.99 Å². The summed E-state index contributed by atoms with van der Waals surface area (Å²) in [6, 6.07) is 34.1. The van der Waals surface area contributed by atoms with Crippen molar-refractivity contribution >= 4 is 67.4 Å². The smallest absolute Gasteiger partial charge is 0.150 e. The van der Waals surface area contributed by atoms with E-state index in [0.717, 1.165) is 54.6 Å². The van der Waals surface area contributed by atoms with Crippen LogP contribution in [0.2, 0.25) is 0 Å². The molecule has 8 rings (SSSR count). The molecule has 0 spiro atoms. The first-order chi connectivity index (χ1) is 21.7. The summed E-state index contributed by atoms with van der Waals surface area (Å²) >= 11 is 1.61. The standard InChI is InChI=1S/C37H26N6S/c1-24(10-8-20-38-2)42-32-16-5-4-13-28(32)30-14-7-15-31(35(30)42)37-41-40-36(44-37)25-18-19-29-27-12-3-6-17-33(27)43(34(29)22-25)26-11-9-21-39-23-26/h3-23H,2H2,1H3/b20-8-,24-10+. The second-order valence-corrected chi connectivity index (χ2v) is 11.6. The summed E-state index contributed by atoms with van der Waals surface area (Å²) in [7, 11) is 0. The Labute approximate surface area is 257 Å². The van der Waals surface area contributed by atoms with Crippen LogP contribution in [0.25, 0.3) is 76.1 Å². The third kappa shape index (κ3) is 4.09. The molecule has 4 aromatic carbocycles. The lowest BCUT2D eigenvalue weighted by atomic mass is 10.1. The largest absolute Gasteiger partial charge is 0.313 e. The van der Waals surface area contributed by atoms with Crippen molar-refractivity contribution in [1.82, 2.24) is 24.3 Å². The Morgan fingerprint density at radius 3 is 2.34 bits per heavy atom. The highest BCUT2D eigenvalue weighted by Gasteiger charge is 2.19. The molecular weight excluding hydrogens is 561 g/mol. The minimum atomic E-state index is 0.872. The first-order valence-electron chi connectivity index (χ1n) is 14.3. The van der Waals surface area contributed by atoms with E-state index in [9.17, 15) is 0 Å². The topological polar surface area (TPSA) is 60.9 Å². The molecule has 0 fully saturated rings. The lowest BCUT2D eigenvalue weighted by Crippen LogP contribution is -1.94. The summed E-state index contributed by atoms with van der Waals surface area (Å²) in [5.74, 6) is 0. The Balaban J connectivity index is 1.31. The van der Waals surface area contributed by atoms with E-state index in [0.29, 0.717) is 0 Å². The van der Waals surface area contributed by atoms with E-state index in [1.807, 2.05) is 18.3 Å². The molecule has 6 nitrogen and oxygen atoms in total. The Morgan fingerprint density at radius 1 is 0.773 bits per heavy atom. The van der Waals surface area contributed by atoms with Gasteiger partial charge in [0, 0.05) is 50.8 Å². The zero-order chi connectivity index (χ0) is 29.6. The SMILES string of the molecule is C=N/C=C\C=C(/C)n1c2ccccc2c2cccc(-c3nnc(-c4ccc5c6ccccc6n(-c6cccnc6)c5c4)s3)c21. The highest BCUT2D eigenvalue weighted by atomic mass is 32.1. The van der Waals surface area contributed by atoms with Gasteiger partial charge in [-0.05, 0) is 62.2 Å². The van der Waals surface area contributed by atoms with E-state index >= 15 is 0 Å². The normalized spacial score (nSPS) is 12.3. The second kappa shape index (κ2) is 10.6. The first kappa shape index (κ1) is 26.0. The molecule has 210 valence electrons. The summed E-state index contributed by atoms with van der Waals surface area (Å²) in [5, 5.41) is 16.0. The maximum absolute atomic E-state index is 4.74. The van der Waals surface area contributed by atoms with Crippen LogP contribution in [0, 0.1) is 0 Å². The molecule has 0 atom stereocenters. The van der Waals surface area contributed by atoms with Crippen molar-refractivity contribution in [2.75, 3.05) is 0 Å². The van der Waals surface area contributed by atoms with Crippen molar-refractivity contribution in [3.63, 3.8) is 0 Å². The number of hydrogen-bond donors (Lipinski definition) is 0. The van der Waals surface area contributed by atoms with Gasteiger partial charge >= 0.3 is 0 Å². The summed E-state index contributed by atoms with van der Waals surface area (Å²) in [4.78, 5) is 8.25. The lowest BCUT2D eigenvalue weighted by Gasteiger charge is -2.10. The fraction of sp³-hybridized carbons (Fsp3) is 0.0270. The van der Waals surface area contributed by atoms with Crippen LogP contribution in [0.15, 0.2) is 133 Å². The molecule has 0 unspecified atom stereocenters. The van der Waals surface area contributed by atoms with Crippen LogP contribution < -0.4 is 0 Å². The van der Waals surface area contributed by atoms with E-state index in [4.69, 9.17) is 10.2 Å². The molecule has 0 radical (unpaired) electrons. The average Bonchev–Trinajstić information content (AvgIpc) is 3.78. The first-order valence-corrected chi connectivity index (χ1v) is 15.1. The number of hydrogen-bond acceptors (Lipinski definition) is 5. The molecule has 44 heavy (non-hydrogen) atoms. The third-order valence-corrected chi connectivity index (χ3v) is 9.06. The lowest BCUT2D eigenvalue weighted by molar-refractivity contribution is 1.10. The van der Waals surface area contributed by atoms with Gasteiger partial charge < -0.3 is 9.13 Å². The molecule has 0 amide bonds. The molecule has 4 aromatic heterocycles. The summed E-state index contributed by atoms with van der Waals surface area (Å²) in [5.41, 5.74) is 8.68. The fourth-order valence-electron chi connectivity index (χ4n) is 6.19. The highest BCUT2D eigenvalue weighted by Crippen LogP contribution is 2.41. The predicted octanol–water partition coefficient (Wildman–Crippen LogP) is 9.55. The number of aromatic nitrogens is 5. The number of nitrogens with zero attached hydrogens (tertiary/aromatic N) is 6. The van der Waals surface area contributed by atoms with Gasteiger partial charge in [-0.25, -0.2) is 0 Å². The molecule has 0 bridgehead atoms. The van der Waals surface area contributed by atoms with Gasteiger partial charge in [-0.2, -0.15) is 0 Å². The fourth-order valence-corrected chi connectivity index (χ4v) is 7.06. The van der Waals surface area contributed by atoms with Crippen molar-refractivity contribution in [2.45, 2.75) is 6.92 Å². The van der Waals surface area contributed by atoms with E-state index in [1.54, 1.807) is 23.7 Å². The molecule has 0 aliphatic rings. The third-order valence-electron chi connectivity index (χ3n) is 8.06.